The van der Waals surface area contributed by atoms with Gasteiger partial charge in [-0.2, -0.15) is 4.31 Å². The summed E-state index contributed by atoms with van der Waals surface area (Å²) in [4.78, 5) is 13.3. The molecule has 1 amide bonds. The molecule has 0 aliphatic carbocycles. The van der Waals surface area contributed by atoms with Gasteiger partial charge < -0.3 is 5.32 Å². The van der Waals surface area contributed by atoms with Gasteiger partial charge in [-0.15, -0.1) is 0 Å². The number of aryl methyl sites for hydroxylation is 3. The number of rotatable bonds is 5. The molecule has 2 aromatic rings. The number of piperidine rings is 1. The number of amides is 1. The zero-order valence-electron chi connectivity index (χ0n) is 17.6. The molecule has 1 heterocycles. The van der Waals surface area contributed by atoms with Crippen molar-refractivity contribution in [1.29, 1.82) is 0 Å². The lowest BCUT2D eigenvalue weighted by molar-refractivity contribution is -0.126. The molecule has 1 aliphatic rings. The maximum absolute atomic E-state index is 13.2. The maximum atomic E-state index is 13.2. The SMILES string of the molecule is Cc1ccc(S(=O)(=O)N2CCCCC2C(=O)NC(C)c2cc(C)ccc2C)cc1. The lowest BCUT2D eigenvalue weighted by Gasteiger charge is -2.34. The van der Waals surface area contributed by atoms with E-state index < -0.39 is 16.1 Å². The monoisotopic (exact) mass is 414 g/mol. The number of nitrogens with zero attached hydrogens (tertiary/aromatic N) is 1. The molecule has 3 rings (SSSR count). The molecule has 1 fully saturated rings. The lowest BCUT2D eigenvalue weighted by Crippen LogP contribution is -2.52. The summed E-state index contributed by atoms with van der Waals surface area (Å²) in [6.07, 6.45) is 2.15. The van der Waals surface area contributed by atoms with Gasteiger partial charge in [0.05, 0.1) is 10.9 Å². The van der Waals surface area contributed by atoms with Gasteiger partial charge in [-0.05, 0) is 63.8 Å². The van der Waals surface area contributed by atoms with E-state index in [-0.39, 0.29) is 16.8 Å². The molecule has 2 unspecified atom stereocenters. The Balaban J connectivity index is 1.82. The fraction of sp³-hybridized carbons (Fsp3) is 0.435. The summed E-state index contributed by atoms with van der Waals surface area (Å²) in [5.74, 6) is -0.228. The number of carbonyl (C=O) groups is 1. The summed E-state index contributed by atoms with van der Waals surface area (Å²) in [5.41, 5.74) is 4.30. The van der Waals surface area contributed by atoms with Crippen LogP contribution in [0.4, 0.5) is 0 Å². The Hall–Kier alpha value is -2.18. The smallest absolute Gasteiger partial charge is 0.243 e. The zero-order chi connectivity index (χ0) is 21.2. The third kappa shape index (κ3) is 4.70. The number of benzene rings is 2. The predicted octanol–water partition coefficient (Wildman–Crippen LogP) is 4.03. The van der Waals surface area contributed by atoms with E-state index in [1.54, 1.807) is 24.3 Å². The molecule has 2 aromatic carbocycles. The van der Waals surface area contributed by atoms with Gasteiger partial charge in [0.1, 0.15) is 6.04 Å². The van der Waals surface area contributed by atoms with E-state index in [0.29, 0.717) is 13.0 Å². The van der Waals surface area contributed by atoms with E-state index in [2.05, 4.69) is 11.4 Å². The van der Waals surface area contributed by atoms with Gasteiger partial charge in [0.15, 0.2) is 0 Å². The van der Waals surface area contributed by atoms with Crippen LogP contribution in [0.15, 0.2) is 47.4 Å². The highest BCUT2D eigenvalue weighted by Gasteiger charge is 2.38. The molecule has 2 atom stereocenters. The quantitative estimate of drug-likeness (QED) is 0.803. The first-order chi connectivity index (χ1) is 13.7. The Labute approximate surface area is 174 Å². The van der Waals surface area contributed by atoms with Crippen LogP contribution in [0.25, 0.3) is 0 Å². The molecule has 6 heteroatoms. The fourth-order valence-corrected chi connectivity index (χ4v) is 5.57. The number of hydrogen-bond donors (Lipinski definition) is 1. The second-order valence-electron chi connectivity index (χ2n) is 8.03. The third-order valence-corrected chi connectivity index (χ3v) is 7.57. The summed E-state index contributed by atoms with van der Waals surface area (Å²) in [5, 5.41) is 3.05. The topological polar surface area (TPSA) is 66.5 Å². The van der Waals surface area contributed by atoms with Crippen molar-refractivity contribution in [2.45, 2.75) is 63.9 Å². The summed E-state index contributed by atoms with van der Waals surface area (Å²) < 4.78 is 27.8. The average molecular weight is 415 g/mol. The molecule has 5 nitrogen and oxygen atoms in total. The first-order valence-corrected chi connectivity index (χ1v) is 11.6. The van der Waals surface area contributed by atoms with Crippen LogP contribution in [0.2, 0.25) is 0 Å². The van der Waals surface area contributed by atoms with E-state index in [4.69, 9.17) is 0 Å². The van der Waals surface area contributed by atoms with Crippen LogP contribution in [0, 0.1) is 20.8 Å². The third-order valence-electron chi connectivity index (χ3n) is 5.64. The summed E-state index contributed by atoms with van der Waals surface area (Å²) >= 11 is 0. The van der Waals surface area contributed by atoms with Crippen molar-refractivity contribution in [3.05, 3.63) is 64.7 Å². The molecule has 1 N–H and O–H groups in total. The number of nitrogens with one attached hydrogen (secondary N) is 1. The van der Waals surface area contributed by atoms with Gasteiger partial charge in [0.25, 0.3) is 0 Å². The number of hydrogen-bond acceptors (Lipinski definition) is 3. The van der Waals surface area contributed by atoms with Crippen LogP contribution in [0.5, 0.6) is 0 Å². The van der Waals surface area contributed by atoms with Gasteiger partial charge in [-0.3, -0.25) is 4.79 Å². The highest BCUT2D eigenvalue weighted by molar-refractivity contribution is 7.89. The Morgan fingerprint density at radius 1 is 1.03 bits per heavy atom. The molecule has 1 saturated heterocycles. The van der Waals surface area contributed by atoms with Gasteiger partial charge in [0.2, 0.25) is 15.9 Å². The standard InChI is InChI=1S/C23H30N2O3S/c1-16-9-12-20(13-10-16)29(27,28)25-14-6-5-7-22(25)23(26)24-19(4)21-15-17(2)8-11-18(21)3/h8-13,15,19,22H,5-7,14H2,1-4H3,(H,24,26). The minimum atomic E-state index is -3.72. The van der Waals surface area contributed by atoms with E-state index in [0.717, 1.165) is 35.1 Å². The molecule has 0 saturated carbocycles. The van der Waals surface area contributed by atoms with Gasteiger partial charge in [0, 0.05) is 6.54 Å². The Bertz CT molecular complexity index is 984. The van der Waals surface area contributed by atoms with Crippen LogP contribution < -0.4 is 5.32 Å². The van der Waals surface area contributed by atoms with Crippen LogP contribution in [-0.4, -0.2) is 31.2 Å². The van der Waals surface area contributed by atoms with E-state index in [9.17, 15) is 13.2 Å². The van der Waals surface area contributed by atoms with Crippen LogP contribution >= 0.6 is 0 Å². The average Bonchev–Trinajstić information content (AvgIpc) is 2.70. The summed E-state index contributed by atoms with van der Waals surface area (Å²) in [7, 11) is -3.72. The molecule has 0 aromatic heterocycles. The second-order valence-corrected chi connectivity index (χ2v) is 9.92. The van der Waals surface area contributed by atoms with Crippen LogP contribution in [0.1, 0.15) is 54.5 Å². The van der Waals surface area contributed by atoms with Crippen molar-refractivity contribution >= 4 is 15.9 Å². The normalized spacial score (nSPS) is 19.0. The summed E-state index contributed by atoms with van der Waals surface area (Å²) in [6.45, 7) is 8.27. The Kier molecular flexibility index (Phi) is 6.44. The van der Waals surface area contributed by atoms with Crippen molar-refractivity contribution in [3.8, 4) is 0 Å². The minimum absolute atomic E-state index is 0.187. The molecule has 156 valence electrons. The molecule has 0 spiro atoms. The maximum Gasteiger partial charge on any atom is 0.243 e. The Morgan fingerprint density at radius 3 is 2.38 bits per heavy atom. The molecule has 0 bridgehead atoms. The second kappa shape index (κ2) is 8.67. The molecule has 0 radical (unpaired) electrons. The first kappa shape index (κ1) is 21.5. The van der Waals surface area contributed by atoms with Crippen molar-refractivity contribution in [1.82, 2.24) is 9.62 Å². The van der Waals surface area contributed by atoms with E-state index in [1.807, 2.05) is 39.8 Å². The first-order valence-electron chi connectivity index (χ1n) is 10.2. The predicted molar refractivity (Wildman–Crippen MR) is 115 cm³/mol. The highest BCUT2D eigenvalue weighted by atomic mass is 32.2. The van der Waals surface area contributed by atoms with Crippen molar-refractivity contribution in [2.75, 3.05) is 6.54 Å². The molecular formula is C23H30N2O3S. The van der Waals surface area contributed by atoms with E-state index >= 15 is 0 Å². The van der Waals surface area contributed by atoms with Crippen LogP contribution in [-0.2, 0) is 14.8 Å². The molecular weight excluding hydrogens is 384 g/mol. The van der Waals surface area contributed by atoms with Crippen molar-refractivity contribution in [2.24, 2.45) is 0 Å². The van der Waals surface area contributed by atoms with Gasteiger partial charge in [-0.1, -0.05) is 47.9 Å². The largest absolute Gasteiger partial charge is 0.348 e. The zero-order valence-corrected chi connectivity index (χ0v) is 18.4. The molecule has 1 aliphatic heterocycles. The minimum Gasteiger partial charge on any atom is -0.348 e. The van der Waals surface area contributed by atoms with E-state index in [1.165, 1.54) is 4.31 Å². The number of carbonyl (C=O) groups excluding carboxylic acids is 1. The van der Waals surface area contributed by atoms with Crippen molar-refractivity contribution < 1.29 is 13.2 Å². The number of sulfonamides is 1. The lowest BCUT2D eigenvalue weighted by atomic mass is 9.99. The van der Waals surface area contributed by atoms with Gasteiger partial charge >= 0.3 is 0 Å². The van der Waals surface area contributed by atoms with Crippen LogP contribution in [0.3, 0.4) is 0 Å². The van der Waals surface area contributed by atoms with Gasteiger partial charge in [-0.25, -0.2) is 8.42 Å². The molecule has 29 heavy (non-hydrogen) atoms. The Morgan fingerprint density at radius 2 is 1.69 bits per heavy atom. The van der Waals surface area contributed by atoms with Crippen molar-refractivity contribution in [3.63, 3.8) is 0 Å². The highest BCUT2D eigenvalue weighted by Crippen LogP contribution is 2.27. The fourth-order valence-electron chi connectivity index (χ4n) is 3.91. The summed E-state index contributed by atoms with van der Waals surface area (Å²) in [6, 6.07) is 12.1.